The van der Waals surface area contributed by atoms with Gasteiger partial charge in [0.1, 0.15) is 11.9 Å². The second kappa shape index (κ2) is 5.31. The number of rotatable bonds is 5. The molecule has 0 radical (unpaired) electrons. The molecule has 0 heterocycles. The van der Waals surface area contributed by atoms with Crippen LogP contribution in [-0.4, -0.2) is 18.7 Å². The molecular formula is C16H25NO. The van der Waals surface area contributed by atoms with Crippen molar-refractivity contribution in [1.82, 2.24) is 5.32 Å². The SMILES string of the molecule is CCNC1CC(Oc2cccc(CC)c2)C1(C)C. The van der Waals surface area contributed by atoms with Gasteiger partial charge in [0.2, 0.25) is 0 Å². The summed E-state index contributed by atoms with van der Waals surface area (Å²) in [5.41, 5.74) is 1.56. The molecule has 0 aromatic heterocycles. The Balaban J connectivity index is 1.98. The van der Waals surface area contributed by atoms with Gasteiger partial charge < -0.3 is 10.1 Å². The molecule has 0 saturated heterocycles. The number of ether oxygens (including phenoxy) is 1. The van der Waals surface area contributed by atoms with E-state index in [0.717, 1.165) is 25.1 Å². The summed E-state index contributed by atoms with van der Waals surface area (Å²) in [6.45, 7) is 9.95. The van der Waals surface area contributed by atoms with Crippen LogP contribution in [0.2, 0.25) is 0 Å². The van der Waals surface area contributed by atoms with Crippen LogP contribution in [0.4, 0.5) is 0 Å². The highest BCUT2D eigenvalue weighted by Crippen LogP contribution is 2.43. The minimum absolute atomic E-state index is 0.220. The summed E-state index contributed by atoms with van der Waals surface area (Å²) in [7, 11) is 0. The Labute approximate surface area is 111 Å². The molecule has 0 spiro atoms. The zero-order valence-corrected chi connectivity index (χ0v) is 12.0. The fraction of sp³-hybridized carbons (Fsp3) is 0.625. The van der Waals surface area contributed by atoms with Crippen LogP contribution in [0.5, 0.6) is 5.75 Å². The average Bonchev–Trinajstić information content (AvgIpc) is 2.38. The zero-order chi connectivity index (χ0) is 13.2. The van der Waals surface area contributed by atoms with Crippen LogP contribution in [-0.2, 0) is 6.42 Å². The predicted octanol–water partition coefficient (Wildman–Crippen LogP) is 3.40. The summed E-state index contributed by atoms with van der Waals surface area (Å²) >= 11 is 0. The Kier molecular flexibility index (Phi) is 3.96. The molecule has 1 aliphatic rings. The van der Waals surface area contributed by atoms with Gasteiger partial charge in [-0.2, -0.15) is 0 Å². The molecule has 2 nitrogen and oxygen atoms in total. The summed E-state index contributed by atoms with van der Waals surface area (Å²) in [6.07, 6.45) is 2.50. The van der Waals surface area contributed by atoms with Crippen LogP contribution in [0.15, 0.2) is 24.3 Å². The second-order valence-corrected chi connectivity index (χ2v) is 5.77. The maximum Gasteiger partial charge on any atom is 0.120 e. The largest absolute Gasteiger partial charge is 0.490 e. The predicted molar refractivity (Wildman–Crippen MR) is 76.1 cm³/mol. The van der Waals surface area contributed by atoms with Crippen molar-refractivity contribution in [2.75, 3.05) is 6.54 Å². The van der Waals surface area contributed by atoms with Crippen molar-refractivity contribution in [3.63, 3.8) is 0 Å². The maximum absolute atomic E-state index is 6.14. The van der Waals surface area contributed by atoms with Gasteiger partial charge in [-0.15, -0.1) is 0 Å². The minimum atomic E-state index is 0.220. The Morgan fingerprint density at radius 3 is 2.72 bits per heavy atom. The highest BCUT2D eigenvalue weighted by Gasteiger charge is 2.49. The molecule has 1 aromatic rings. The molecule has 2 unspecified atom stereocenters. The van der Waals surface area contributed by atoms with Crippen LogP contribution in [0.3, 0.4) is 0 Å². The van der Waals surface area contributed by atoms with Crippen LogP contribution in [0.25, 0.3) is 0 Å². The molecule has 1 fully saturated rings. The van der Waals surface area contributed by atoms with Crippen molar-refractivity contribution in [3.8, 4) is 5.75 Å². The molecule has 2 rings (SSSR count). The molecule has 100 valence electrons. The molecular weight excluding hydrogens is 222 g/mol. The molecule has 1 saturated carbocycles. The summed E-state index contributed by atoms with van der Waals surface area (Å²) in [6, 6.07) is 9.05. The lowest BCUT2D eigenvalue weighted by Gasteiger charge is -2.51. The van der Waals surface area contributed by atoms with Gasteiger partial charge in [0.15, 0.2) is 0 Å². The van der Waals surface area contributed by atoms with Crippen LogP contribution >= 0.6 is 0 Å². The van der Waals surface area contributed by atoms with Crippen molar-refractivity contribution in [3.05, 3.63) is 29.8 Å². The number of aryl methyl sites for hydroxylation is 1. The van der Waals surface area contributed by atoms with Gasteiger partial charge in [0.25, 0.3) is 0 Å². The zero-order valence-electron chi connectivity index (χ0n) is 12.0. The summed E-state index contributed by atoms with van der Waals surface area (Å²) in [5, 5.41) is 3.53. The monoisotopic (exact) mass is 247 g/mol. The lowest BCUT2D eigenvalue weighted by atomic mass is 9.64. The normalized spacial score (nSPS) is 25.6. The first kappa shape index (κ1) is 13.4. The van der Waals surface area contributed by atoms with E-state index in [2.05, 4.69) is 57.3 Å². The molecule has 1 aromatic carbocycles. The molecule has 0 bridgehead atoms. The summed E-state index contributed by atoms with van der Waals surface area (Å²) < 4.78 is 6.14. The summed E-state index contributed by atoms with van der Waals surface area (Å²) in [5.74, 6) is 1.02. The maximum atomic E-state index is 6.14. The Morgan fingerprint density at radius 2 is 2.11 bits per heavy atom. The van der Waals surface area contributed by atoms with E-state index >= 15 is 0 Å². The number of nitrogens with one attached hydrogen (secondary N) is 1. The van der Waals surface area contributed by atoms with Gasteiger partial charge in [-0.3, -0.25) is 0 Å². The Hall–Kier alpha value is -1.02. The molecule has 2 heteroatoms. The van der Waals surface area contributed by atoms with Crippen molar-refractivity contribution in [2.24, 2.45) is 5.41 Å². The van der Waals surface area contributed by atoms with Crippen molar-refractivity contribution >= 4 is 0 Å². The first-order chi connectivity index (χ1) is 8.57. The van der Waals surface area contributed by atoms with Gasteiger partial charge >= 0.3 is 0 Å². The smallest absolute Gasteiger partial charge is 0.120 e. The topological polar surface area (TPSA) is 21.3 Å². The van der Waals surface area contributed by atoms with Crippen LogP contribution in [0, 0.1) is 5.41 Å². The average molecular weight is 247 g/mol. The highest BCUT2D eigenvalue weighted by molar-refractivity contribution is 5.29. The second-order valence-electron chi connectivity index (χ2n) is 5.77. The lowest BCUT2D eigenvalue weighted by Crippen LogP contribution is -2.62. The molecule has 1 aliphatic carbocycles. The molecule has 0 aliphatic heterocycles. The quantitative estimate of drug-likeness (QED) is 0.861. The Bertz CT molecular complexity index is 400. The highest BCUT2D eigenvalue weighted by atomic mass is 16.5. The van der Waals surface area contributed by atoms with E-state index in [0.29, 0.717) is 12.1 Å². The van der Waals surface area contributed by atoms with E-state index in [4.69, 9.17) is 4.74 Å². The molecule has 0 amide bonds. The molecule has 18 heavy (non-hydrogen) atoms. The van der Waals surface area contributed by atoms with E-state index in [1.807, 2.05) is 0 Å². The Morgan fingerprint density at radius 1 is 1.33 bits per heavy atom. The van der Waals surface area contributed by atoms with Gasteiger partial charge in [-0.1, -0.05) is 39.8 Å². The third-order valence-electron chi connectivity index (χ3n) is 4.21. The van der Waals surface area contributed by atoms with Crippen molar-refractivity contribution in [1.29, 1.82) is 0 Å². The van der Waals surface area contributed by atoms with E-state index in [1.54, 1.807) is 0 Å². The van der Waals surface area contributed by atoms with Crippen molar-refractivity contribution in [2.45, 2.75) is 52.7 Å². The third-order valence-corrected chi connectivity index (χ3v) is 4.21. The standard InChI is InChI=1S/C16H25NO/c1-5-12-8-7-9-13(10-12)18-15-11-14(17-6-2)16(15,3)4/h7-10,14-15,17H,5-6,11H2,1-4H3. The van der Waals surface area contributed by atoms with Crippen LogP contribution in [0.1, 0.15) is 39.7 Å². The third kappa shape index (κ3) is 2.54. The first-order valence-electron chi connectivity index (χ1n) is 7.07. The van der Waals surface area contributed by atoms with Gasteiger partial charge in [-0.25, -0.2) is 0 Å². The van der Waals surface area contributed by atoms with Gasteiger partial charge in [0, 0.05) is 17.9 Å². The van der Waals surface area contributed by atoms with Crippen molar-refractivity contribution < 1.29 is 4.74 Å². The van der Waals surface area contributed by atoms with E-state index in [-0.39, 0.29) is 5.41 Å². The fourth-order valence-corrected chi connectivity index (χ4v) is 2.68. The lowest BCUT2D eigenvalue weighted by molar-refractivity contribution is -0.0541. The minimum Gasteiger partial charge on any atom is -0.490 e. The number of hydrogen-bond acceptors (Lipinski definition) is 2. The number of hydrogen-bond donors (Lipinski definition) is 1. The van der Waals surface area contributed by atoms with Gasteiger partial charge in [-0.05, 0) is 30.7 Å². The van der Waals surface area contributed by atoms with Gasteiger partial charge in [0.05, 0.1) is 0 Å². The summed E-state index contributed by atoms with van der Waals surface area (Å²) in [4.78, 5) is 0. The van der Waals surface area contributed by atoms with Crippen LogP contribution < -0.4 is 10.1 Å². The first-order valence-corrected chi connectivity index (χ1v) is 7.07. The molecule has 1 N–H and O–H groups in total. The molecule has 2 atom stereocenters. The van der Waals surface area contributed by atoms with E-state index in [1.165, 1.54) is 5.56 Å². The number of benzene rings is 1. The van der Waals surface area contributed by atoms with E-state index < -0.39 is 0 Å². The van der Waals surface area contributed by atoms with E-state index in [9.17, 15) is 0 Å². The fourth-order valence-electron chi connectivity index (χ4n) is 2.68.